The quantitative estimate of drug-likeness (QED) is 0.279. The molecule has 0 radical (unpaired) electrons. The first-order valence-corrected chi connectivity index (χ1v) is 17.3. The Bertz CT molecular complexity index is 1490. The molecular weight excluding hydrogens is 649 g/mol. The summed E-state index contributed by atoms with van der Waals surface area (Å²) in [5.74, 6) is -4.15. The number of nitrogens with one attached hydrogen (secondary N) is 1. The van der Waals surface area contributed by atoms with Gasteiger partial charge in [-0.3, -0.25) is 9.69 Å². The summed E-state index contributed by atoms with van der Waals surface area (Å²) in [6, 6.07) is 4.72. The van der Waals surface area contributed by atoms with E-state index in [-0.39, 0.29) is 56.6 Å². The summed E-state index contributed by atoms with van der Waals surface area (Å²) < 4.78 is 0. The van der Waals surface area contributed by atoms with E-state index in [1.807, 2.05) is 5.38 Å². The lowest BCUT2D eigenvalue weighted by Gasteiger charge is -2.41. The van der Waals surface area contributed by atoms with Crippen LogP contribution in [0.25, 0.3) is 0 Å². The maximum atomic E-state index is 13.8. The summed E-state index contributed by atoms with van der Waals surface area (Å²) in [7, 11) is 4.25. The van der Waals surface area contributed by atoms with E-state index in [2.05, 4.69) is 34.2 Å². The number of halogens is 2. The minimum absolute atomic E-state index is 0.146. The van der Waals surface area contributed by atoms with E-state index in [0.29, 0.717) is 25.2 Å². The number of allylic oxidation sites excluding steroid dienone is 1. The zero-order chi connectivity index (χ0) is 33.0. The Hall–Kier alpha value is -2.96. The van der Waals surface area contributed by atoms with Crippen molar-refractivity contribution in [2.24, 2.45) is 5.41 Å². The lowest BCUT2D eigenvalue weighted by atomic mass is 9.79. The number of carboxylic acids is 2. The van der Waals surface area contributed by atoms with Gasteiger partial charge in [0.2, 0.25) is 5.91 Å². The molecule has 1 atom stereocenters. The summed E-state index contributed by atoms with van der Waals surface area (Å²) in [4.78, 5) is 50.3. The monoisotopic (exact) mass is 689 g/mol. The highest BCUT2D eigenvalue weighted by Gasteiger charge is 2.42. The van der Waals surface area contributed by atoms with Gasteiger partial charge in [-0.25, -0.2) is 14.6 Å². The molecule has 0 spiro atoms. The van der Waals surface area contributed by atoms with Crippen molar-refractivity contribution in [3.8, 4) is 0 Å². The molecule has 248 valence electrons. The Morgan fingerprint density at radius 1 is 1.00 bits per heavy atom. The Morgan fingerprint density at radius 2 is 1.63 bits per heavy atom. The van der Waals surface area contributed by atoms with Gasteiger partial charge >= 0.3 is 11.9 Å². The number of nitrogens with zero attached hydrogens (tertiary/aromatic N) is 4. The number of piperazine rings is 1. The van der Waals surface area contributed by atoms with E-state index in [1.165, 1.54) is 37.0 Å². The van der Waals surface area contributed by atoms with Gasteiger partial charge in [0.15, 0.2) is 0 Å². The molecule has 10 nitrogen and oxygen atoms in total. The predicted octanol–water partition coefficient (Wildman–Crippen LogP) is 5.10. The first-order chi connectivity index (χ1) is 22.0. The van der Waals surface area contributed by atoms with Crippen LogP contribution >= 0.6 is 34.5 Å². The van der Waals surface area contributed by atoms with Crippen LogP contribution < -0.4 is 5.32 Å². The number of rotatable bonds is 12. The number of aromatic nitrogens is 1. The zero-order valence-corrected chi connectivity index (χ0v) is 28.6. The van der Waals surface area contributed by atoms with Crippen LogP contribution in [0.4, 0.5) is 0 Å². The van der Waals surface area contributed by atoms with Crippen LogP contribution in [0.2, 0.25) is 10.0 Å². The third kappa shape index (κ3) is 7.77. The normalized spacial score (nSPS) is 20.4. The molecule has 3 aliphatic rings. The van der Waals surface area contributed by atoms with Crippen molar-refractivity contribution >= 4 is 52.4 Å². The number of carbonyl (C=O) groups is 3. The number of hydrogen-bond donors (Lipinski definition) is 3. The van der Waals surface area contributed by atoms with Crippen LogP contribution in [0.1, 0.15) is 55.0 Å². The van der Waals surface area contributed by atoms with E-state index in [0.717, 1.165) is 31.2 Å². The number of carboxylic acid groups (broad SMARTS) is 2. The van der Waals surface area contributed by atoms with Gasteiger partial charge in [0, 0.05) is 84.3 Å². The summed E-state index contributed by atoms with van der Waals surface area (Å²) in [5.41, 5.74) is 0.517. The van der Waals surface area contributed by atoms with Gasteiger partial charge in [0.1, 0.15) is 0 Å². The smallest absolute Gasteiger partial charge is 0.334 e. The molecule has 3 N–H and O–H groups in total. The van der Waals surface area contributed by atoms with Crippen molar-refractivity contribution < 1.29 is 24.6 Å². The Balaban J connectivity index is 1.40. The van der Waals surface area contributed by atoms with E-state index < -0.39 is 17.9 Å². The molecular formula is C33H41Cl2N5O5S. The third-order valence-corrected chi connectivity index (χ3v) is 10.8. The van der Waals surface area contributed by atoms with E-state index in [1.54, 1.807) is 29.3 Å². The molecule has 13 heteroatoms. The summed E-state index contributed by atoms with van der Waals surface area (Å²) in [6.07, 6.45) is 7.07. The first-order valence-electron chi connectivity index (χ1n) is 15.6. The summed E-state index contributed by atoms with van der Waals surface area (Å²) in [6.45, 7) is 4.64. The molecule has 1 aromatic carbocycles. The summed E-state index contributed by atoms with van der Waals surface area (Å²) >= 11 is 14.6. The number of aryl methyl sites for hydroxylation is 1. The number of amides is 1. The molecule has 1 aromatic heterocycles. The minimum Gasteiger partial charge on any atom is -0.478 e. The molecule has 1 amide bonds. The van der Waals surface area contributed by atoms with Gasteiger partial charge in [-0.05, 0) is 50.9 Å². The molecule has 1 saturated heterocycles. The maximum absolute atomic E-state index is 13.8. The van der Waals surface area contributed by atoms with Crippen LogP contribution in [0.5, 0.6) is 0 Å². The fourth-order valence-electron chi connectivity index (χ4n) is 7.39. The Labute approximate surface area is 283 Å². The van der Waals surface area contributed by atoms with Gasteiger partial charge < -0.3 is 25.3 Å². The van der Waals surface area contributed by atoms with Crippen molar-refractivity contribution in [1.29, 1.82) is 0 Å². The predicted molar refractivity (Wildman–Crippen MR) is 179 cm³/mol. The topological polar surface area (TPSA) is 126 Å². The number of aliphatic carboxylic acids is 2. The second-order valence-electron chi connectivity index (χ2n) is 12.8. The van der Waals surface area contributed by atoms with Crippen molar-refractivity contribution in [2.75, 3.05) is 53.4 Å². The Kier molecular flexibility index (Phi) is 11.1. The third-order valence-electron chi connectivity index (χ3n) is 9.28. The van der Waals surface area contributed by atoms with Crippen LogP contribution in [-0.4, -0.2) is 101 Å². The molecule has 1 saturated carbocycles. The summed E-state index contributed by atoms with van der Waals surface area (Å²) in [5, 5.41) is 27.0. The van der Waals surface area contributed by atoms with Crippen molar-refractivity contribution in [2.45, 2.75) is 50.9 Å². The van der Waals surface area contributed by atoms with Gasteiger partial charge in [-0.15, -0.1) is 11.3 Å². The minimum atomic E-state index is -1.35. The number of carbonyl (C=O) groups excluding carboxylic acids is 1. The van der Waals surface area contributed by atoms with Crippen LogP contribution in [0.15, 0.2) is 52.3 Å². The number of benzene rings is 1. The number of dihydropyridines is 1. The molecule has 5 rings (SSSR count). The lowest BCUT2D eigenvalue weighted by molar-refractivity contribution is -0.133. The highest BCUT2D eigenvalue weighted by molar-refractivity contribution is 7.09. The van der Waals surface area contributed by atoms with Crippen molar-refractivity contribution in [3.05, 3.63) is 72.9 Å². The molecule has 46 heavy (non-hydrogen) atoms. The molecule has 2 aromatic rings. The largest absolute Gasteiger partial charge is 0.478 e. The second kappa shape index (κ2) is 14.9. The van der Waals surface area contributed by atoms with Crippen molar-refractivity contribution in [1.82, 2.24) is 25.0 Å². The van der Waals surface area contributed by atoms with Crippen LogP contribution in [0.3, 0.4) is 0 Å². The maximum Gasteiger partial charge on any atom is 0.334 e. The van der Waals surface area contributed by atoms with Crippen molar-refractivity contribution in [3.63, 3.8) is 0 Å². The second-order valence-corrected chi connectivity index (χ2v) is 14.6. The van der Waals surface area contributed by atoms with E-state index >= 15 is 0 Å². The average Bonchev–Trinajstić information content (AvgIpc) is 3.68. The van der Waals surface area contributed by atoms with Gasteiger partial charge in [0.25, 0.3) is 0 Å². The number of thiazole rings is 1. The van der Waals surface area contributed by atoms with Crippen LogP contribution in [0, 0.1) is 5.41 Å². The fourth-order valence-corrected chi connectivity index (χ4v) is 8.63. The standard InChI is InChI=1S/C33H41Cl2N5O5S/c1-38(2)19-33(10-3-4-11-33)20-39-13-15-40(16-14-39)26(41)18-24-29(32(44)45)30(27-21(34)6-5-7-22(27)35)28(31(42)43)23(37-24)8-9-25-36-12-17-46-25/h5-7,12,17,30,37H,3-4,8-11,13-16,18-20H2,1-2H3,(H,42,43)(H,44,45). The zero-order valence-electron chi connectivity index (χ0n) is 26.2. The van der Waals surface area contributed by atoms with E-state index in [4.69, 9.17) is 23.2 Å². The highest BCUT2D eigenvalue weighted by atomic mass is 35.5. The van der Waals surface area contributed by atoms with Crippen LogP contribution in [-0.2, 0) is 20.8 Å². The molecule has 0 bridgehead atoms. The molecule has 2 fully saturated rings. The fraction of sp³-hybridized carbons (Fsp3) is 0.515. The average molecular weight is 691 g/mol. The van der Waals surface area contributed by atoms with Gasteiger partial charge in [0.05, 0.1) is 28.5 Å². The number of hydrogen-bond acceptors (Lipinski definition) is 8. The SMILES string of the molecule is CN(C)CC1(CN2CCN(C(=O)CC3=C(C(=O)O)C(c4c(Cl)cccc4Cl)C(C(=O)O)=C(CCc4nccs4)N3)CC2)CCCC1. The van der Waals surface area contributed by atoms with E-state index in [9.17, 15) is 24.6 Å². The van der Waals surface area contributed by atoms with Gasteiger partial charge in [-0.2, -0.15) is 0 Å². The molecule has 1 unspecified atom stereocenters. The first kappa shape index (κ1) is 34.4. The molecule has 2 aliphatic heterocycles. The van der Waals surface area contributed by atoms with Gasteiger partial charge in [-0.1, -0.05) is 42.1 Å². The molecule has 1 aliphatic carbocycles. The lowest BCUT2D eigenvalue weighted by Crippen LogP contribution is -2.52. The Morgan fingerprint density at radius 3 is 2.20 bits per heavy atom. The highest BCUT2D eigenvalue weighted by Crippen LogP contribution is 2.45. The molecule has 3 heterocycles.